The number of benzene rings is 1. The number of aryl methyl sites for hydroxylation is 2. The van der Waals surface area contributed by atoms with Crippen molar-refractivity contribution in [1.82, 2.24) is 9.78 Å². The minimum absolute atomic E-state index is 0.180. The van der Waals surface area contributed by atoms with E-state index in [9.17, 15) is 9.59 Å². The molecule has 1 aromatic heterocycles. The van der Waals surface area contributed by atoms with Crippen molar-refractivity contribution in [3.05, 3.63) is 51.4 Å². The molecule has 5 heteroatoms. The van der Waals surface area contributed by atoms with Crippen LogP contribution in [0.15, 0.2) is 29.1 Å². The largest absolute Gasteiger partial charge is 0.477 e. The van der Waals surface area contributed by atoms with Crippen LogP contribution in [0.5, 0.6) is 0 Å². The first-order valence-electron chi connectivity index (χ1n) is 5.69. The van der Waals surface area contributed by atoms with Gasteiger partial charge in [0.25, 0.3) is 5.56 Å². The summed E-state index contributed by atoms with van der Waals surface area (Å²) in [6.45, 7) is 3.68. The van der Waals surface area contributed by atoms with Gasteiger partial charge >= 0.3 is 5.97 Å². The van der Waals surface area contributed by atoms with E-state index in [-0.39, 0.29) is 5.56 Å². The van der Waals surface area contributed by atoms with E-state index in [2.05, 4.69) is 5.10 Å². The lowest BCUT2D eigenvalue weighted by Crippen LogP contribution is -2.20. The second kappa shape index (κ2) is 4.52. The third-order valence-electron chi connectivity index (χ3n) is 2.89. The van der Waals surface area contributed by atoms with Gasteiger partial charge < -0.3 is 5.11 Å². The van der Waals surface area contributed by atoms with Crippen LogP contribution in [-0.2, 0) is 6.42 Å². The Balaban J connectivity index is 2.71. The van der Waals surface area contributed by atoms with Crippen molar-refractivity contribution in [3.8, 4) is 5.69 Å². The van der Waals surface area contributed by atoms with Gasteiger partial charge in [-0.05, 0) is 25.0 Å². The average Bonchev–Trinajstić information content (AvgIpc) is 2.67. The van der Waals surface area contributed by atoms with Gasteiger partial charge in [0.05, 0.1) is 11.4 Å². The predicted molar refractivity (Wildman–Crippen MR) is 67.5 cm³/mol. The molecule has 1 aromatic carbocycles. The lowest BCUT2D eigenvalue weighted by molar-refractivity contribution is 0.0694. The number of aromatic nitrogens is 2. The summed E-state index contributed by atoms with van der Waals surface area (Å²) in [5.41, 5.74) is 1.32. The highest BCUT2D eigenvalue weighted by atomic mass is 16.4. The summed E-state index contributed by atoms with van der Waals surface area (Å²) >= 11 is 0. The zero-order chi connectivity index (χ0) is 13.3. The maximum Gasteiger partial charge on any atom is 0.343 e. The number of hydrogen-bond acceptors (Lipinski definition) is 2. The summed E-state index contributed by atoms with van der Waals surface area (Å²) in [6, 6.07) is 7.32. The molecule has 1 heterocycles. The van der Waals surface area contributed by atoms with E-state index >= 15 is 0 Å². The smallest absolute Gasteiger partial charge is 0.343 e. The summed E-state index contributed by atoms with van der Waals surface area (Å²) in [5.74, 6) is -1.19. The number of carboxylic acid groups (broad SMARTS) is 1. The summed E-state index contributed by atoms with van der Waals surface area (Å²) in [6.07, 6.45) is 0.468. The Labute approximate surface area is 104 Å². The van der Waals surface area contributed by atoms with Crippen LogP contribution in [0.3, 0.4) is 0 Å². The summed E-state index contributed by atoms with van der Waals surface area (Å²) < 4.78 is 1.29. The fourth-order valence-electron chi connectivity index (χ4n) is 1.94. The van der Waals surface area contributed by atoms with E-state index in [4.69, 9.17) is 5.11 Å². The van der Waals surface area contributed by atoms with Gasteiger partial charge in [0.1, 0.15) is 5.56 Å². The maximum atomic E-state index is 12.1. The summed E-state index contributed by atoms with van der Waals surface area (Å²) in [7, 11) is 0. The van der Waals surface area contributed by atoms with E-state index < -0.39 is 11.5 Å². The van der Waals surface area contributed by atoms with Crippen LogP contribution >= 0.6 is 0 Å². The van der Waals surface area contributed by atoms with Crippen molar-refractivity contribution < 1.29 is 9.90 Å². The molecule has 0 unspecified atom stereocenters. The van der Waals surface area contributed by atoms with Crippen molar-refractivity contribution in [3.63, 3.8) is 0 Å². The molecule has 0 atom stereocenters. The average molecular weight is 246 g/mol. The second-order valence-corrected chi connectivity index (χ2v) is 4.05. The molecule has 0 fully saturated rings. The maximum absolute atomic E-state index is 12.1. The fourth-order valence-corrected chi connectivity index (χ4v) is 1.94. The molecule has 0 saturated heterocycles. The number of nitrogens with zero attached hydrogens (tertiary/aromatic N) is 1. The molecule has 0 amide bonds. The highest BCUT2D eigenvalue weighted by molar-refractivity contribution is 5.88. The summed E-state index contributed by atoms with van der Waals surface area (Å²) in [5, 5.41) is 11.9. The highest BCUT2D eigenvalue weighted by Gasteiger charge is 2.20. The number of hydrogen-bond donors (Lipinski definition) is 2. The Bertz CT molecular complexity index is 652. The van der Waals surface area contributed by atoms with Gasteiger partial charge in [-0.15, -0.1) is 0 Å². The first-order chi connectivity index (χ1) is 8.56. The molecule has 5 nitrogen and oxygen atoms in total. The molecule has 0 aliphatic rings. The zero-order valence-electron chi connectivity index (χ0n) is 10.2. The molecule has 18 heavy (non-hydrogen) atoms. The van der Waals surface area contributed by atoms with E-state index in [1.165, 1.54) is 4.68 Å². The first-order valence-corrected chi connectivity index (χ1v) is 5.69. The van der Waals surface area contributed by atoms with E-state index in [1.807, 2.05) is 25.1 Å². The first kappa shape index (κ1) is 12.2. The second-order valence-electron chi connectivity index (χ2n) is 4.05. The van der Waals surface area contributed by atoms with Crippen LogP contribution in [0, 0.1) is 6.92 Å². The minimum atomic E-state index is -1.19. The Morgan fingerprint density at radius 1 is 1.39 bits per heavy atom. The van der Waals surface area contributed by atoms with Gasteiger partial charge in [-0.2, -0.15) is 0 Å². The Morgan fingerprint density at radius 3 is 2.56 bits per heavy atom. The number of H-pyrrole nitrogens is 1. The molecule has 94 valence electrons. The van der Waals surface area contributed by atoms with Crippen LogP contribution in [0.25, 0.3) is 5.69 Å². The van der Waals surface area contributed by atoms with Gasteiger partial charge in [-0.3, -0.25) is 9.89 Å². The molecule has 0 aliphatic carbocycles. The normalized spacial score (nSPS) is 10.6. The summed E-state index contributed by atoms with van der Waals surface area (Å²) in [4.78, 5) is 23.2. The lowest BCUT2D eigenvalue weighted by atomic mass is 10.2. The zero-order valence-corrected chi connectivity index (χ0v) is 10.2. The van der Waals surface area contributed by atoms with Gasteiger partial charge in [0.15, 0.2) is 0 Å². The number of carbonyl (C=O) groups is 1. The molecule has 2 aromatic rings. The number of rotatable bonds is 3. The SMILES string of the molecule is CCc1[nH]n(-c2ccccc2C)c(=O)c1C(=O)O. The quantitative estimate of drug-likeness (QED) is 0.866. The van der Waals surface area contributed by atoms with Crippen molar-refractivity contribution in [2.75, 3.05) is 0 Å². The van der Waals surface area contributed by atoms with Crippen molar-refractivity contribution in [2.24, 2.45) is 0 Å². The number of aromatic carboxylic acids is 1. The molecule has 0 radical (unpaired) electrons. The number of aromatic amines is 1. The van der Waals surface area contributed by atoms with Gasteiger partial charge in [-0.1, -0.05) is 25.1 Å². The van der Waals surface area contributed by atoms with Crippen LogP contribution in [0.2, 0.25) is 0 Å². The van der Waals surface area contributed by atoms with Gasteiger partial charge in [-0.25, -0.2) is 9.48 Å². The molecule has 2 N–H and O–H groups in total. The Kier molecular flexibility index (Phi) is 3.06. The van der Waals surface area contributed by atoms with Crippen LogP contribution in [0.4, 0.5) is 0 Å². The van der Waals surface area contributed by atoms with Crippen molar-refractivity contribution >= 4 is 5.97 Å². The molecule has 0 bridgehead atoms. The molecular weight excluding hydrogens is 232 g/mol. The standard InChI is InChI=1S/C13H14N2O3/c1-3-9-11(13(17)18)12(16)15(14-9)10-7-5-4-6-8(10)2/h4-7,14H,3H2,1-2H3,(H,17,18). The van der Waals surface area contributed by atoms with Crippen molar-refractivity contribution in [2.45, 2.75) is 20.3 Å². The molecule has 0 saturated carbocycles. The van der Waals surface area contributed by atoms with E-state index in [1.54, 1.807) is 13.0 Å². The van der Waals surface area contributed by atoms with Gasteiger partial charge in [0, 0.05) is 0 Å². The van der Waals surface area contributed by atoms with Crippen LogP contribution in [-0.4, -0.2) is 20.9 Å². The number of carboxylic acids is 1. The van der Waals surface area contributed by atoms with Crippen LogP contribution in [0.1, 0.15) is 28.5 Å². The topological polar surface area (TPSA) is 75.1 Å². The van der Waals surface area contributed by atoms with Gasteiger partial charge in [0.2, 0.25) is 0 Å². The van der Waals surface area contributed by atoms with E-state index in [0.29, 0.717) is 17.8 Å². The molecule has 0 aliphatic heterocycles. The monoisotopic (exact) mass is 246 g/mol. The minimum Gasteiger partial charge on any atom is -0.477 e. The van der Waals surface area contributed by atoms with E-state index in [0.717, 1.165) is 5.56 Å². The molecular formula is C13H14N2O3. The predicted octanol–water partition coefficient (Wildman–Crippen LogP) is 1.73. The third-order valence-corrected chi connectivity index (χ3v) is 2.89. The fraction of sp³-hybridized carbons (Fsp3) is 0.231. The van der Waals surface area contributed by atoms with Crippen molar-refractivity contribution in [1.29, 1.82) is 0 Å². The van der Waals surface area contributed by atoms with Crippen LogP contribution < -0.4 is 5.56 Å². The lowest BCUT2D eigenvalue weighted by Gasteiger charge is -2.04. The number of para-hydroxylation sites is 1. The third kappa shape index (κ3) is 1.84. The number of nitrogens with one attached hydrogen (secondary N) is 1. The highest BCUT2D eigenvalue weighted by Crippen LogP contribution is 2.12. The molecule has 0 spiro atoms. The Hall–Kier alpha value is -2.30. The Morgan fingerprint density at radius 2 is 2.06 bits per heavy atom. The molecule has 2 rings (SSSR count).